The molecule has 0 fully saturated rings. The molecule has 2 aliphatic rings. The maximum Gasteiger partial charge on any atom is 0.133 e. The molecule has 1 heterocycles. The van der Waals surface area contributed by atoms with E-state index in [2.05, 4.69) is 30.3 Å². The van der Waals surface area contributed by atoms with E-state index in [0.29, 0.717) is 19.1 Å². The van der Waals surface area contributed by atoms with Gasteiger partial charge in [-0.15, -0.1) is 0 Å². The topological polar surface area (TPSA) is 27.7 Å². The lowest BCUT2D eigenvalue weighted by atomic mass is 9.78. The van der Waals surface area contributed by atoms with Crippen molar-refractivity contribution in [3.8, 4) is 0 Å². The van der Waals surface area contributed by atoms with E-state index in [0.717, 1.165) is 26.8 Å². The van der Waals surface area contributed by atoms with Gasteiger partial charge >= 0.3 is 0 Å². The molecule has 4 heteroatoms. The van der Waals surface area contributed by atoms with Crippen molar-refractivity contribution < 1.29 is 14.0 Å². The summed E-state index contributed by atoms with van der Waals surface area (Å²) in [6, 6.07) is 16.8. The molecule has 0 radical (unpaired) electrons. The van der Waals surface area contributed by atoms with Crippen molar-refractivity contribution in [3.05, 3.63) is 70.8 Å². The van der Waals surface area contributed by atoms with Crippen molar-refractivity contribution in [1.82, 2.24) is 0 Å². The van der Waals surface area contributed by atoms with Crippen LogP contribution in [0.4, 0.5) is 0 Å². The third-order valence-electron chi connectivity index (χ3n) is 4.87. The summed E-state index contributed by atoms with van der Waals surface area (Å²) in [4.78, 5) is 0. The zero-order valence-electron chi connectivity index (χ0n) is 13.8. The summed E-state index contributed by atoms with van der Waals surface area (Å²) >= 11 is 0. The fourth-order valence-electron chi connectivity index (χ4n) is 3.67. The predicted octanol–water partition coefficient (Wildman–Crippen LogP) is 4.32. The molecule has 0 bridgehead atoms. The van der Waals surface area contributed by atoms with Crippen molar-refractivity contribution >= 4 is 13.9 Å². The van der Waals surface area contributed by atoms with E-state index >= 15 is 0 Å². The molecule has 2 aromatic rings. The van der Waals surface area contributed by atoms with Crippen LogP contribution in [-0.4, -0.2) is 25.3 Å². The Bertz CT molecular complexity index is 742. The Morgan fingerprint density at radius 1 is 1.12 bits per heavy atom. The van der Waals surface area contributed by atoms with Gasteiger partial charge in [-0.1, -0.05) is 48.5 Å². The summed E-state index contributed by atoms with van der Waals surface area (Å²) in [7, 11) is 2.60. The molecule has 1 aliphatic carbocycles. The molecule has 2 aromatic carbocycles. The Labute approximate surface area is 144 Å². The van der Waals surface area contributed by atoms with Crippen molar-refractivity contribution in [2.24, 2.45) is 0 Å². The predicted molar refractivity (Wildman–Crippen MR) is 96.5 cm³/mol. The van der Waals surface area contributed by atoms with Gasteiger partial charge in [-0.25, -0.2) is 0 Å². The average molecular weight is 340 g/mol. The summed E-state index contributed by atoms with van der Waals surface area (Å²) in [6.07, 6.45) is 2.33. The highest BCUT2D eigenvalue weighted by molar-refractivity contribution is 7.35. The van der Waals surface area contributed by atoms with E-state index < -0.39 is 0 Å². The molecule has 0 N–H and O–H groups in total. The Hall–Kier alpha value is -1.51. The highest BCUT2D eigenvalue weighted by Crippen LogP contribution is 2.39. The number of aryl methyl sites for hydroxylation is 1. The number of methoxy groups -OCH3 is 1. The van der Waals surface area contributed by atoms with Gasteiger partial charge in [0.05, 0.1) is 27.7 Å². The molecular formula is C20H21O3P. The Morgan fingerprint density at radius 3 is 2.83 bits per heavy atom. The summed E-state index contributed by atoms with van der Waals surface area (Å²) in [5.41, 5.74) is 6.04. The van der Waals surface area contributed by atoms with Crippen LogP contribution in [0.1, 0.15) is 34.6 Å². The summed E-state index contributed by atoms with van der Waals surface area (Å²) < 4.78 is 17.8. The first-order valence-corrected chi connectivity index (χ1v) is 9.19. The highest BCUT2D eigenvalue weighted by Gasteiger charge is 2.34. The van der Waals surface area contributed by atoms with Gasteiger partial charge in [-0.05, 0) is 29.5 Å². The van der Waals surface area contributed by atoms with Crippen molar-refractivity contribution in [1.29, 1.82) is 0 Å². The average Bonchev–Trinajstić information content (AvgIpc) is 2.83. The SMILES string of the molecule is COC1CCc2cccc3c2C1COP=C3OCc1ccccc1. The Morgan fingerprint density at radius 2 is 2.00 bits per heavy atom. The second-order valence-corrected chi connectivity index (χ2v) is 7.11. The number of benzene rings is 2. The highest BCUT2D eigenvalue weighted by atomic mass is 31.1. The van der Waals surface area contributed by atoms with Gasteiger partial charge in [0.25, 0.3) is 0 Å². The molecule has 0 amide bonds. The van der Waals surface area contributed by atoms with Crippen LogP contribution in [0.5, 0.6) is 0 Å². The normalized spacial score (nSPS) is 23.1. The van der Waals surface area contributed by atoms with Gasteiger partial charge in [0.15, 0.2) is 0 Å². The lowest BCUT2D eigenvalue weighted by Crippen LogP contribution is -2.30. The smallest absolute Gasteiger partial charge is 0.133 e. The first-order valence-electron chi connectivity index (χ1n) is 8.38. The van der Waals surface area contributed by atoms with Crippen LogP contribution in [0, 0.1) is 0 Å². The minimum absolute atomic E-state index is 0.224. The van der Waals surface area contributed by atoms with Crippen LogP contribution in [0.2, 0.25) is 0 Å². The molecule has 0 spiro atoms. The van der Waals surface area contributed by atoms with Crippen LogP contribution < -0.4 is 0 Å². The quantitative estimate of drug-likeness (QED) is 0.776. The molecule has 2 atom stereocenters. The molecule has 4 rings (SSSR count). The van der Waals surface area contributed by atoms with Crippen LogP contribution in [0.3, 0.4) is 0 Å². The fraction of sp³-hybridized carbons (Fsp3) is 0.350. The second-order valence-electron chi connectivity index (χ2n) is 6.26. The van der Waals surface area contributed by atoms with Crippen LogP contribution in [-0.2, 0) is 27.0 Å². The number of ether oxygens (including phenoxy) is 2. The standard InChI is InChI=1S/C20H21O3P/c1-21-18-11-10-15-8-5-9-16-19(15)17(18)13-23-24-20(16)22-12-14-6-3-2-4-7-14/h2-9,17-18H,10-13H2,1H3. The molecule has 1 aliphatic heterocycles. The van der Waals surface area contributed by atoms with Gasteiger partial charge in [-0.3, -0.25) is 0 Å². The minimum atomic E-state index is 0.224. The van der Waals surface area contributed by atoms with E-state index in [1.165, 1.54) is 22.3 Å². The molecular weight excluding hydrogens is 319 g/mol. The van der Waals surface area contributed by atoms with Gasteiger partial charge < -0.3 is 14.0 Å². The number of hydrogen-bond donors (Lipinski definition) is 0. The maximum absolute atomic E-state index is 6.15. The summed E-state index contributed by atoms with van der Waals surface area (Å²) in [5, 5.41) is 0. The molecule has 24 heavy (non-hydrogen) atoms. The fourth-order valence-corrected chi connectivity index (χ4v) is 4.43. The Balaban J connectivity index is 1.65. The summed E-state index contributed by atoms with van der Waals surface area (Å²) in [6.45, 7) is 1.25. The summed E-state index contributed by atoms with van der Waals surface area (Å²) in [5.74, 6) is 0.292. The first kappa shape index (κ1) is 16.0. The minimum Gasteiger partial charge on any atom is -0.381 e. The van der Waals surface area contributed by atoms with E-state index in [1.54, 1.807) is 7.11 Å². The largest absolute Gasteiger partial charge is 0.381 e. The van der Waals surface area contributed by atoms with Gasteiger partial charge in [0, 0.05) is 18.6 Å². The van der Waals surface area contributed by atoms with E-state index in [1.807, 2.05) is 18.2 Å². The van der Waals surface area contributed by atoms with Crippen molar-refractivity contribution in [2.45, 2.75) is 31.5 Å². The van der Waals surface area contributed by atoms with Crippen molar-refractivity contribution in [2.75, 3.05) is 13.7 Å². The van der Waals surface area contributed by atoms with Crippen LogP contribution in [0.25, 0.3) is 0 Å². The zero-order valence-corrected chi connectivity index (χ0v) is 14.7. The number of hydrogen-bond acceptors (Lipinski definition) is 3. The van der Waals surface area contributed by atoms with Crippen molar-refractivity contribution in [3.63, 3.8) is 0 Å². The molecule has 124 valence electrons. The van der Waals surface area contributed by atoms with E-state index in [4.69, 9.17) is 14.0 Å². The first-order chi connectivity index (χ1) is 11.9. The molecule has 0 saturated carbocycles. The van der Waals surface area contributed by atoms with E-state index in [-0.39, 0.29) is 6.10 Å². The third kappa shape index (κ3) is 3.05. The van der Waals surface area contributed by atoms with Gasteiger partial charge in [-0.2, -0.15) is 0 Å². The van der Waals surface area contributed by atoms with Gasteiger partial charge in [0.2, 0.25) is 0 Å². The Kier molecular flexibility index (Phi) is 4.77. The molecule has 3 nitrogen and oxygen atoms in total. The lowest BCUT2D eigenvalue weighted by Gasteiger charge is -2.32. The van der Waals surface area contributed by atoms with E-state index in [9.17, 15) is 0 Å². The lowest BCUT2D eigenvalue weighted by molar-refractivity contribution is 0.0526. The molecule has 0 aromatic heterocycles. The maximum atomic E-state index is 6.15. The monoisotopic (exact) mass is 340 g/mol. The zero-order chi connectivity index (χ0) is 16.4. The van der Waals surface area contributed by atoms with Gasteiger partial charge in [0.1, 0.15) is 5.48 Å². The molecule has 2 unspecified atom stereocenters. The molecule has 0 saturated heterocycles. The second kappa shape index (κ2) is 7.16. The van der Waals surface area contributed by atoms with Crippen LogP contribution in [0.15, 0.2) is 48.5 Å². The van der Waals surface area contributed by atoms with Crippen LogP contribution >= 0.6 is 8.43 Å². The third-order valence-corrected chi connectivity index (χ3v) is 5.68. The number of rotatable bonds is 4.